The van der Waals surface area contributed by atoms with Crippen LogP contribution >= 0.6 is 11.6 Å². The van der Waals surface area contributed by atoms with Crippen molar-refractivity contribution in [3.05, 3.63) is 71.0 Å². The molecule has 3 aliphatic heterocycles. The lowest BCUT2D eigenvalue weighted by atomic mass is 9.78. The summed E-state index contributed by atoms with van der Waals surface area (Å²) in [5.74, 6) is -0.391. The van der Waals surface area contributed by atoms with E-state index in [0.29, 0.717) is 71.9 Å². The maximum absolute atomic E-state index is 13.7. The first-order valence-electron chi connectivity index (χ1n) is 20.5. The van der Waals surface area contributed by atoms with Crippen molar-refractivity contribution < 1.29 is 41.1 Å². The van der Waals surface area contributed by atoms with Crippen molar-refractivity contribution in [3.63, 3.8) is 0 Å². The van der Waals surface area contributed by atoms with Gasteiger partial charge >= 0.3 is 18.2 Å². The number of alkyl halides is 3. The van der Waals surface area contributed by atoms with Gasteiger partial charge in [-0.25, -0.2) is 28.0 Å². The van der Waals surface area contributed by atoms with Crippen LogP contribution < -0.4 is 15.5 Å². The molecule has 3 N–H and O–H groups in total. The number of carboxylic acids is 1. The zero-order valence-corrected chi connectivity index (χ0v) is 35.2. The summed E-state index contributed by atoms with van der Waals surface area (Å²) in [5.41, 5.74) is 3.44. The number of aromatic nitrogens is 4. The Labute approximate surface area is 356 Å². The van der Waals surface area contributed by atoms with Crippen LogP contribution in [0.15, 0.2) is 59.8 Å². The molecule has 3 saturated heterocycles. The van der Waals surface area contributed by atoms with Crippen LogP contribution in [-0.4, -0.2) is 112 Å². The molecule has 61 heavy (non-hydrogen) atoms. The van der Waals surface area contributed by atoms with Crippen molar-refractivity contribution in [2.45, 2.75) is 86.7 Å². The van der Waals surface area contributed by atoms with E-state index in [1.807, 2.05) is 23.9 Å². The number of piperidine rings is 2. The second kappa shape index (κ2) is 18.6. The number of sulfonamides is 1. The highest BCUT2D eigenvalue weighted by Gasteiger charge is 2.38. The Balaban J connectivity index is 0.000000739. The number of halogens is 4. The second-order valence-electron chi connectivity index (χ2n) is 16.2. The SMILES string of the molecule is Cn1nc(N2CCC(=O)NC2=O)c2ccc(C3CCN(CC4CCC(c5cccc(S(=O)(=O)N6CCC(Nc7ncc(Cl)cn7)CC6)c5)CC4)CC3)cc21.O=C(O)C(F)(F)F. The number of carbonyl (C=O) groups is 3. The number of anilines is 2. The van der Waals surface area contributed by atoms with E-state index < -0.39 is 28.2 Å². The van der Waals surface area contributed by atoms with Gasteiger partial charge in [-0.15, -0.1) is 0 Å². The van der Waals surface area contributed by atoms with E-state index in [0.717, 1.165) is 74.6 Å². The van der Waals surface area contributed by atoms with Gasteiger partial charge in [-0.1, -0.05) is 29.8 Å². The molecule has 4 aromatic rings. The smallest absolute Gasteiger partial charge is 0.475 e. The summed E-state index contributed by atoms with van der Waals surface area (Å²) in [6.45, 7) is 4.50. The molecule has 0 spiro atoms. The van der Waals surface area contributed by atoms with E-state index in [1.54, 1.807) is 27.7 Å². The average Bonchev–Trinajstić information content (AvgIpc) is 3.57. The van der Waals surface area contributed by atoms with E-state index in [1.165, 1.54) is 5.56 Å². The maximum atomic E-state index is 13.7. The van der Waals surface area contributed by atoms with Crippen molar-refractivity contribution in [1.82, 2.24) is 34.3 Å². The number of rotatable bonds is 9. The van der Waals surface area contributed by atoms with Crippen LogP contribution in [0.1, 0.15) is 80.8 Å². The minimum Gasteiger partial charge on any atom is -0.475 e. The molecule has 0 atom stereocenters. The molecule has 1 aliphatic carbocycles. The summed E-state index contributed by atoms with van der Waals surface area (Å²) in [6.07, 6.45) is 6.33. The van der Waals surface area contributed by atoms with Crippen LogP contribution in [0.4, 0.5) is 29.7 Å². The van der Waals surface area contributed by atoms with E-state index in [2.05, 4.69) is 54.9 Å². The van der Waals surface area contributed by atoms with Crippen molar-refractivity contribution in [2.24, 2.45) is 13.0 Å². The largest absolute Gasteiger partial charge is 0.490 e. The molecule has 4 aliphatic rings. The number of aryl methyl sites for hydroxylation is 1. The molecule has 2 aromatic heterocycles. The quantitative estimate of drug-likeness (QED) is 0.167. The fourth-order valence-electron chi connectivity index (χ4n) is 8.86. The summed E-state index contributed by atoms with van der Waals surface area (Å²) in [6, 6.07) is 13.9. The Kier molecular flexibility index (Phi) is 13.5. The van der Waals surface area contributed by atoms with E-state index in [4.69, 9.17) is 21.5 Å². The molecule has 20 heteroatoms. The van der Waals surface area contributed by atoms with E-state index >= 15 is 0 Å². The molecule has 3 amide bonds. The van der Waals surface area contributed by atoms with Crippen LogP contribution in [0, 0.1) is 5.92 Å². The standard InChI is InChI=1S/C39H48ClN9O4S.C2HF3O2/c1-46-35-22-30(9-10-34(35)37(45-46)49-20-15-36(50)44-39(49)51)28-11-16-47(17-12-28)25-26-5-7-27(8-6-26)29-3-2-4-33(21-29)54(52,53)48-18-13-32(14-19-48)43-38-41-23-31(40)24-42-38;3-2(4,5)1(6)7/h2-4,9-10,21-24,26-28,32H,5-8,11-20,25H2,1H3,(H,41,42,43)(H,44,50,51);(H,6,7). The maximum Gasteiger partial charge on any atom is 0.490 e. The third-order valence-electron chi connectivity index (χ3n) is 12.2. The van der Waals surface area contributed by atoms with Crippen LogP contribution in [-0.2, 0) is 26.7 Å². The van der Waals surface area contributed by atoms with Gasteiger partial charge in [0.05, 0.1) is 27.8 Å². The summed E-state index contributed by atoms with van der Waals surface area (Å²) < 4.78 is 62.6. The molecule has 0 unspecified atom stereocenters. The molecule has 8 rings (SSSR count). The highest BCUT2D eigenvalue weighted by molar-refractivity contribution is 7.89. The first-order chi connectivity index (χ1) is 29.0. The Morgan fingerprint density at radius 3 is 2.18 bits per heavy atom. The number of hydrogen-bond donors (Lipinski definition) is 3. The van der Waals surface area contributed by atoms with Gasteiger partial charge in [0.2, 0.25) is 21.9 Å². The van der Waals surface area contributed by atoms with Crippen LogP contribution in [0.5, 0.6) is 0 Å². The van der Waals surface area contributed by atoms with Gasteiger partial charge in [-0.2, -0.15) is 22.6 Å². The minimum absolute atomic E-state index is 0.107. The Bertz CT molecular complexity index is 2330. The number of fused-ring (bicyclic) bond motifs is 1. The van der Waals surface area contributed by atoms with Gasteiger partial charge in [0.15, 0.2) is 5.82 Å². The zero-order chi connectivity index (χ0) is 43.5. The Hall–Kier alpha value is -4.85. The van der Waals surface area contributed by atoms with Crippen LogP contribution in [0.3, 0.4) is 0 Å². The monoisotopic (exact) mass is 887 g/mol. The molecular weight excluding hydrogens is 839 g/mol. The number of nitrogens with one attached hydrogen (secondary N) is 2. The summed E-state index contributed by atoms with van der Waals surface area (Å²) in [5, 5.41) is 18.9. The second-order valence-corrected chi connectivity index (χ2v) is 18.6. The van der Waals surface area contributed by atoms with E-state index in [-0.39, 0.29) is 18.4 Å². The highest BCUT2D eigenvalue weighted by Crippen LogP contribution is 2.39. The van der Waals surface area contributed by atoms with Crippen LogP contribution in [0.2, 0.25) is 5.02 Å². The highest BCUT2D eigenvalue weighted by atomic mass is 35.5. The molecule has 1 saturated carbocycles. The number of hydrogen-bond acceptors (Lipinski definition) is 10. The number of aliphatic carboxylic acids is 1. The predicted octanol–water partition coefficient (Wildman–Crippen LogP) is 6.51. The first kappa shape index (κ1) is 44.2. The number of nitrogens with zero attached hydrogens (tertiary/aromatic N) is 7. The lowest BCUT2D eigenvalue weighted by molar-refractivity contribution is -0.192. The van der Waals surface area contributed by atoms with Gasteiger partial charge in [-0.05, 0) is 118 Å². The molecular formula is C41H49ClF3N9O6S. The lowest BCUT2D eigenvalue weighted by Crippen LogP contribution is -2.49. The van der Waals surface area contributed by atoms with Crippen molar-refractivity contribution in [1.29, 1.82) is 0 Å². The normalized spacial score (nSPS) is 21.5. The van der Waals surface area contributed by atoms with Gasteiger partial charge in [0.1, 0.15) is 0 Å². The number of amides is 3. The van der Waals surface area contributed by atoms with Crippen LogP contribution in [0.25, 0.3) is 10.9 Å². The fourth-order valence-corrected chi connectivity index (χ4v) is 10.5. The van der Waals surface area contributed by atoms with Crippen molar-refractivity contribution in [2.75, 3.05) is 49.5 Å². The first-order valence-corrected chi connectivity index (χ1v) is 22.3. The zero-order valence-electron chi connectivity index (χ0n) is 33.7. The number of imide groups is 1. The van der Waals surface area contributed by atoms with Gasteiger partial charge in [-0.3, -0.25) is 19.7 Å². The fraction of sp³-hybridized carbons (Fsp3) is 0.512. The predicted molar refractivity (Wildman–Crippen MR) is 222 cm³/mol. The van der Waals surface area contributed by atoms with Crippen molar-refractivity contribution in [3.8, 4) is 0 Å². The van der Waals surface area contributed by atoms with Crippen molar-refractivity contribution >= 4 is 62.2 Å². The number of likely N-dealkylation sites (tertiary alicyclic amines) is 1. The Morgan fingerprint density at radius 1 is 0.902 bits per heavy atom. The van der Waals surface area contributed by atoms with Gasteiger partial charge in [0, 0.05) is 51.1 Å². The number of carbonyl (C=O) groups excluding carboxylic acids is 2. The summed E-state index contributed by atoms with van der Waals surface area (Å²) >= 11 is 5.90. The molecule has 0 bridgehead atoms. The summed E-state index contributed by atoms with van der Waals surface area (Å²) in [4.78, 5) is 46.0. The molecule has 2 aromatic carbocycles. The molecule has 0 radical (unpaired) electrons. The molecule has 328 valence electrons. The number of urea groups is 1. The molecule has 4 fully saturated rings. The lowest BCUT2D eigenvalue weighted by Gasteiger charge is -2.37. The molecule has 5 heterocycles. The van der Waals surface area contributed by atoms with Gasteiger partial charge in [0.25, 0.3) is 0 Å². The molecule has 15 nitrogen and oxygen atoms in total. The number of benzene rings is 2. The topological polar surface area (TPSA) is 183 Å². The number of carboxylic acid groups (broad SMARTS) is 1. The van der Waals surface area contributed by atoms with Gasteiger partial charge < -0.3 is 15.3 Å². The minimum atomic E-state index is -5.08. The summed E-state index contributed by atoms with van der Waals surface area (Å²) in [7, 11) is -1.68. The average molecular weight is 888 g/mol. The third-order valence-corrected chi connectivity index (χ3v) is 14.3. The Morgan fingerprint density at radius 2 is 1.54 bits per heavy atom. The third kappa shape index (κ3) is 10.6. The van der Waals surface area contributed by atoms with E-state index in [9.17, 15) is 31.2 Å².